The number of carbonyl (C=O) groups is 1. The average molecular weight is 396 g/mol. The van der Waals surface area contributed by atoms with Crippen LogP contribution in [-0.2, 0) is 14.8 Å². The lowest BCUT2D eigenvalue weighted by Crippen LogP contribution is -2.48. The van der Waals surface area contributed by atoms with E-state index in [0.717, 1.165) is 16.9 Å². The molecule has 3 rings (SSSR count). The van der Waals surface area contributed by atoms with E-state index in [1.165, 1.54) is 17.5 Å². The summed E-state index contributed by atoms with van der Waals surface area (Å²) in [5, 5.41) is 4.81. The lowest BCUT2D eigenvalue weighted by Gasteiger charge is -2.36. The molecule has 7 nitrogen and oxygen atoms in total. The number of hydrogen-bond donors (Lipinski definition) is 1. The van der Waals surface area contributed by atoms with Crippen LogP contribution >= 0.6 is 11.3 Å². The third-order valence-electron chi connectivity index (χ3n) is 4.28. The van der Waals surface area contributed by atoms with Crippen LogP contribution in [-0.4, -0.2) is 52.5 Å². The van der Waals surface area contributed by atoms with Gasteiger partial charge in [-0.3, -0.25) is 0 Å². The van der Waals surface area contributed by atoms with Crippen molar-refractivity contribution in [1.82, 2.24) is 9.62 Å². The van der Waals surface area contributed by atoms with E-state index >= 15 is 0 Å². The van der Waals surface area contributed by atoms with Crippen LogP contribution in [0.3, 0.4) is 0 Å². The molecule has 0 bridgehead atoms. The van der Waals surface area contributed by atoms with Crippen LogP contribution in [0, 0.1) is 0 Å². The van der Waals surface area contributed by atoms with Crippen LogP contribution < -0.4 is 10.1 Å². The Labute approximate surface area is 156 Å². The number of piperazine rings is 1. The molecule has 1 aromatic carbocycles. The zero-order valence-corrected chi connectivity index (χ0v) is 16.1. The first-order valence-corrected chi connectivity index (χ1v) is 10.3. The maximum absolute atomic E-state index is 13.3. The van der Waals surface area contributed by atoms with Gasteiger partial charge < -0.3 is 14.8 Å². The van der Waals surface area contributed by atoms with Crippen molar-refractivity contribution in [2.24, 2.45) is 0 Å². The molecule has 0 aliphatic carbocycles. The van der Waals surface area contributed by atoms with E-state index in [1.54, 1.807) is 18.6 Å². The van der Waals surface area contributed by atoms with Crippen molar-refractivity contribution in [1.29, 1.82) is 0 Å². The standard InChI is InChI=1S/C17H20N2O5S2/c1-23-14-6-4-3-5-12(14)13-11-18-8-9-19(13)26(21,22)15-7-10-25-16(15)17(20)24-2/h3-7,10,13,18H,8-9,11H2,1-2H3. The Morgan fingerprint density at radius 1 is 1.27 bits per heavy atom. The second kappa shape index (κ2) is 7.75. The molecule has 1 aromatic heterocycles. The van der Waals surface area contributed by atoms with Gasteiger partial charge in [-0.15, -0.1) is 11.3 Å². The number of esters is 1. The lowest BCUT2D eigenvalue weighted by molar-refractivity contribution is 0.0602. The monoisotopic (exact) mass is 396 g/mol. The first kappa shape index (κ1) is 18.8. The molecule has 1 atom stereocenters. The van der Waals surface area contributed by atoms with Crippen molar-refractivity contribution < 1.29 is 22.7 Å². The van der Waals surface area contributed by atoms with E-state index < -0.39 is 22.0 Å². The van der Waals surface area contributed by atoms with Gasteiger partial charge in [-0.1, -0.05) is 18.2 Å². The highest BCUT2D eigenvalue weighted by molar-refractivity contribution is 7.89. The van der Waals surface area contributed by atoms with Crippen LogP contribution in [0.25, 0.3) is 0 Å². The highest BCUT2D eigenvalue weighted by atomic mass is 32.2. The Hall–Kier alpha value is -1.94. The first-order valence-electron chi connectivity index (χ1n) is 8.02. The van der Waals surface area contributed by atoms with Gasteiger partial charge in [-0.2, -0.15) is 4.31 Å². The minimum Gasteiger partial charge on any atom is -0.496 e. The number of rotatable bonds is 5. The van der Waals surface area contributed by atoms with Crippen molar-refractivity contribution in [3.05, 3.63) is 46.2 Å². The summed E-state index contributed by atoms with van der Waals surface area (Å²) in [5.41, 5.74) is 0.778. The Bertz CT molecular complexity index is 894. The molecule has 1 saturated heterocycles. The van der Waals surface area contributed by atoms with E-state index in [0.29, 0.717) is 25.4 Å². The summed E-state index contributed by atoms with van der Waals surface area (Å²) < 4.78 is 38.2. The fraction of sp³-hybridized carbons (Fsp3) is 0.353. The van der Waals surface area contributed by atoms with Crippen molar-refractivity contribution in [3.8, 4) is 5.75 Å². The summed E-state index contributed by atoms with van der Waals surface area (Å²) >= 11 is 1.06. The van der Waals surface area contributed by atoms with Crippen LogP contribution in [0.4, 0.5) is 0 Å². The third kappa shape index (κ3) is 3.35. The van der Waals surface area contributed by atoms with Crippen LogP contribution in [0.2, 0.25) is 0 Å². The van der Waals surface area contributed by atoms with Crippen molar-refractivity contribution in [2.45, 2.75) is 10.9 Å². The molecule has 26 heavy (non-hydrogen) atoms. The van der Waals surface area contributed by atoms with Crippen LogP contribution in [0.1, 0.15) is 21.3 Å². The summed E-state index contributed by atoms with van der Waals surface area (Å²) in [6.07, 6.45) is 0. The molecule has 1 aliphatic rings. The van der Waals surface area contributed by atoms with Crippen LogP contribution in [0.15, 0.2) is 40.6 Å². The van der Waals surface area contributed by atoms with Crippen molar-refractivity contribution >= 4 is 27.3 Å². The van der Waals surface area contributed by atoms with E-state index in [9.17, 15) is 13.2 Å². The molecule has 0 amide bonds. The molecule has 9 heteroatoms. The maximum atomic E-state index is 13.3. The zero-order valence-electron chi connectivity index (χ0n) is 14.5. The molecule has 2 heterocycles. The molecule has 2 aromatic rings. The van der Waals surface area contributed by atoms with Gasteiger partial charge in [0.05, 0.1) is 20.3 Å². The molecule has 0 spiro atoms. The Morgan fingerprint density at radius 2 is 2.04 bits per heavy atom. The topological polar surface area (TPSA) is 84.9 Å². The number of benzene rings is 1. The molecular formula is C17H20N2O5S2. The fourth-order valence-corrected chi connectivity index (χ4v) is 5.96. The van der Waals surface area contributed by atoms with Gasteiger partial charge in [0.1, 0.15) is 15.5 Å². The molecule has 0 saturated carbocycles. The van der Waals surface area contributed by atoms with E-state index in [4.69, 9.17) is 9.47 Å². The average Bonchev–Trinajstić information content (AvgIpc) is 3.18. The molecular weight excluding hydrogens is 376 g/mol. The van der Waals surface area contributed by atoms with E-state index in [2.05, 4.69) is 5.32 Å². The number of thiophene rings is 1. The summed E-state index contributed by atoms with van der Waals surface area (Å²) in [4.78, 5) is 12.0. The highest BCUT2D eigenvalue weighted by Crippen LogP contribution is 2.35. The smallest absolute Gasteiger partial charge is 0.349 e. The predicted molar refractivity (Wildman–Crippen MR) is 98.2 cm³/mol. The molecule has 1 aliphatic heterocycles. The second-order valence-corrected chi connectivity index (χ2v) is 8.46. The predicted octanol–water partition coefficient (Wildman–Crippen LogP) is 1.88. The fourth-order valence-electron chi connectivity index (χ4n) is 3.05. The normalized spacial score (nSPS) is 18.5. The Morgan fingerprint density at radius 3 is 2.77 bits per heavy atom. The minimum absolute atomic E-state index is 0.0175. The minimum atomic E-state index is -3.88. The van der Waals surface area contributed by atoms with Gasteiger partial charge >= 0.3 is 5.97 Å². The summed E-state index contributed by atoms with van der Waals surface area (Å²) in [6, 6.07) is 8.36. The molecule has 1 N–H and O–H groups in total. The SMILES string of the molecule is COC(=O)c1sccc1S(=O)(=O)N1CCNCC1c1ccccc1OC. The third-order valence-corrected chi connectivity index (χ3v) is 7.25. The number of ether oxygens (including phenoxy) is 2. The van der Waals surface area contributed by atoms with Crippen LogP contribution in [0.5, 0.6) is 5.75 Å². The molecule has 1 fully saturated rings. The van der Waals surface area contributed by atoms with Gasteiger partial charge in [0.15, 0.2) is 0 Å². The second-order valence-electron chi connectivity index (χ2n) is 5.68. The van der Waals surface area contributed by atoms with E-state index in [1.807, 2.05) is 18.2 Å². The number of carbonyl (C=O) groups excluding carboxylic acids is 1. The number of nitrogens with one attached hydrogen (secondary N) is 1. The maximum Gasteiger partial charge on any atom is 0.349 e. The molecule has 140 valence electrons. The van der Waals surface area contributed by atoms with Gasteiger partial charge in [0.2, 0.25) is 10.0 Å². The van der Waals surface area contributed by atoms with Gasteiger partial charge in [0.25, 0.3) is 0 Å². The summed E-state index contributed by atoms with van der Waals surface area (Å²) in [5.74, 6) is -0.0255. The Balaban J connectivity index is 2.05. The van der Waals surface area contributed by atoms with Crippen molar-refractivity contribution in [3.63, 3.8) is 0 Å². The molecule has 0 radical (unpaired) electrons. The highest BCUT2D eigenvalue weighted by Gasteiger charge is 2.38. The number of nitrogens with zero attached hydrogens (tertiary/aromatic N) is 1. The zero-order chi connectivity index (χ0) is 18.7. The lowest BCUT2D eigenvalue weighted by atomic mass is 10.0. The van der Waals surface area contributed by atoms with E-state index in [-0.39, 0.29) is 9.77 Å². The quantitative estimate of drug-likeness (QED) is 0.777. The summed E-state index contributed by atoms with van der Waals surface area (Å²) in [6.45, 7) is 1.28. The van der Waals surface area contributed by atoms with Gasteiger partial charge in [-0.25, -0.2) is 13.2 Å². The number of methoxy groups -OCH3 is 2. The number of hydrogen-bond acceptors (Lipinski definition) is 7. The van der Waals surface area contributed by atoms with Crippen molar-refractivity contribution in [2.75, 3.05) is 33.9 Å². The number of para-hydroxylation sites is 1. The summed E-state index contributed by atoms with van der Waals surface area (Å²) in [7, 11) is -1.08. The Kier molecular flexibility index (Phi) is 5.61. The largest absolute Gasteiger partial charge is 0.496 e. The molecule has 1 unspecified atom stereocenters. The van der Waals surface area contributed by atoms with Gasteiger partial charge in [0, 0.05) is 25.2 Å². The number of sulfonamides is 1. The van der Waals surface area contributed by atoms with Gasteiger partial charge in [-0.05, 0) is 17.5 Å². The first-order chi connectivity index (χ1) is 12.5.